The van der Waals surface area contributed by atoms with E-state index in [9.17, 15) is 14.4 Å². The van der Waals surface area contributed by atoms with Gasteiger partial charge in [0.15, 0.2) is 0 Å². The number of carbonyl (C=O) groups is 3. The van der Waals surface area contributed by atoms with Crippen LogP contribution in [0.25, 0.3) is 0 Å². The largest absolute Gasteiger partial charge is 0.481 e. The molecular weight excluding hydrogens is 364 g/mol. The number of halogens is 1. The molecule has 1 N–H and O–H groups in total. The number of carboxylic acid groups (broad SMARTS) is 1. The minimum absolute atomic E-state index is 0.202. The first-order chi connectivity index (χ1) is 11.0. The van der Waals surface area contributed by atoms with Gasteiger partial charge in [-0.1, -0.05) is 22.0 Å². The first-order valence-electron chi connectivity index (χ1n) is 7.56. The standard InChI is InChI=1S/C16H17BrN2O4/c17-11-2-1-3-12(8-11)19-7-5-13(15(19)21)14(20)18-6-4-10(9-18)16(22)23/h1-3,8,10,13H,4-7,9H2,(H,22,23)/t10-,13+/m0/s1. The molecule has 0 bridgehead atoms. The first-order valence-corrected chi connectivity index (χ1v) is 8.35. The van der Waals surface area contributed by atoms with Gasteiger partial charge in [-0.3, -0.25) is 14.4 Å². The lowest BCUT2D eigenvalue weighted by atomic mass is 10.1. The normalized spacial score (nSPS) is 24.3. The molecule has 7 heteroatoms. The number of nitrogens with zero attached hydrogens (tertiary/aromatic N) is 2. The van der Waals surface area contributed by atoms with Crippen LogP contribution in [0.4, 0.5) is 5.69 Å². The number of benzene rings is 1. The summed E-state index contributed by atoms with van der Waals surface area (Å²) < 4.78 is 0.876. The summed E-state index contributed by atoms with van der Waals surface area (Å²) in [7, 11) is 0. The van der Waals surface area contributed by atoms with E-state index in [2.05, 4.69) is 15.9 Å². The van der Waals surface area contributed by atoms with Crippen molar-refractivity contribution in [2.45, 2.75) is 12.8 Å². The van der Waals surface area contributed by atoms with Gasteiger partial charge in [-0.15, -0.1) is 0 Å². The summed E-state index contributed by atoms with van der Waals surface area (Å²) in [6.07, 6.45) is 0.926. The molecule has 2 saturated heterocycles. The molecule has 2 amide bonds. The molecule has 2 fully saturated rings. The molecule has 23 heavy (non-hydrogen) atoms. The zero-order valence-corrected chi connectivity index (χ0v) is 14.0. The van der Waals surface area contributed by atoms with Crippen LogP contribution in [-0.4, -0.2) is 47.4 Å². The molecule has 0 aliphatic carbocycles. The molecule has 1 aromatic carbocycles. The van der Waals surface area contributed by atoms with Gasteiger partial charge in [-0.05, 0) is 31.0 Å². The molecule has 2 aliphatic rings. The number of hydrogen-bond donors (Lipinski definition) is 1. The second-order valence-electron chi connectivity index (χ2n) is 5.92. The molecule has 2 aliphatic heterocycles. The number of likely N-dealkylation sites (tertiary alicyclic amines) is 1. The van der Waals surface area contributed by atoms with Gasteiger partial charge in [0.1, 0.15) is 5.92 Å². The summed E-state index contributed by atoms with van der Waals surface area (Å²) in [6.45, 7) is 1.12. The lowest BCUT2D eigenvalue weighted by molar-refractivity contribution is -0.142. The van der Waals surface area contributed by atoms with Gasteiger partial charge >= 0.3 is 5.97 Å². The fourth-order valence-electron chi connectivity index (χ4n) is 3.19. The predicted octanol–water partition coefficient (Wildman–Crippen LogP) is 1.74. The minimum atomic E-state index is -0.881. The third-order valence-corrected chi connectivity index (χ3v) is 4.97. The minimum Gasteiger partial charge on any atom is -0.481 e. The Balaban J connectivity index is 1.69. The molecule has 3 rings (SSSR count). The summed E-state index contributed by atoms with van der Waals surface area (Å²) >= 11 is 3.38. The highest BCUT2D eigenvalue weighted by Gasteiger charge is 2.42. The lowest BCUT2D eigenvalue weighted by Gasteiger charge is -2.20. The zero-order valence-electron chi connectivity index (χ0n) is 12.4. The summed E-state index contributed by atoms with van der Waals surface area (Å²) in [5.74, 6) is -2.53. The number of hydrogen-bond acceptors (Lipinski definition) is 3. The maximum atomic E-state index is 12.6. The van der Waals surface area contributed by atoms with Gasteiger partial charge < -0.3 is 14.9 Å². The highest BCUT2D eigenvalue weighted by Crippen LogP contribution is 2.29. The second kappa shape index (κ2) is 6.31. The number of carbonyl (C=O) groups excluding carboxylic acids is 2. The van der Waals surface area contributed by atoms with Crippen LogP contribution in [0, 0.1) is 11.8 Å². The molecule has 6 nitrogen and oxygen atoms in total. The fourth-order valence-corrected chi connectivity index (χ4v) is 3.58. The van der Waals surface area contributed by atoms with Gasteiger partial charge in [0.05, 0.1) is 5.92 Å². The molecule has 0 saturated carbocycles. The monoisotopic (exact) mass is 380 g/mol. The van der Waals surface area contributed by atoms with Crippen molar-refractivity contribution in [1.29, 1.82) is 0 Å². The highest BCUT2D eigenvalue weighted by atomic mass is 79.9. The van der Waals surface area contributed by atoms with Gasteiger partial charge in [0, 0.05) is 29.8 Å². The topological polar surface area (TPSA) is 77.9 Å². The first kappa shape index (κ1) is 16.0. The SMILES string of the molecule is O=C(O)[C@H]1CCN(C(=O)[C@H]2CCN(c3cccc(Br)c3)C2=O)C1. The molecule has 2 atom stereocenters. The van der Waals surface area contributed by atoms with E-state index >= 15 is 0 Å². The quantitative estimate of drug-likeness (QED) is 0.810. The summed E-state index contributed by atoms with van der Waals surface area (Å²) in [6, 6.07) is 7.41. The average Bonchev–Trinajstić information content (AvgIpc) is 3.13. The molecular formula is C16H17BrN2O4. The number of amides is 2. The van der Waals surface area contributed by atoms with Crippen molar-refractivity contribution >= 4 is 39.4 Å². The van der Waals surface area contributed by atoms with Crippen LogP contribution in [0.5, 0.6) is 0 Å². The Kier molecular flexibility index (Phi) is 4.39. The maximum Gasteiger partial charge on any atom is 0.308 e. The number of carboxylic acids is 1. The van der Waals surface area contributed by atoms with Crippen molar-refractivity contribution < 1.29 is 19.5 Å². The van der Waals surface area contributed by atoms with E-state index in [0.29, 0.717) is 25.9 Å². The van der Waals surface area contributed by atoms with E-state index in [1.807, 2.05) is 24.3 Å². The molecule has 2 heterocycles. The van der Waals surface area contributed by atoms with E-state index in [1.165, 1.54) is 4.90 Å². The van der Waals surface area contributed by atoms with E-state index in [4.69, 9.17) is 5.11 Å². The molecule has 0 unspecified atom stereocenters. The van der Waals surface area contributed by atoms with Crippen LogP contribution in [0.1, 0.15) is 12.8 Å². The van der Waals surface area contributed by atoms with Crippen molar-refractivity contribution in [2.24, 2.45) is 11.8 Å². The Hall–Kier alpha value is -1.89. The van der Waals surface area contributed by atoms with Crippen molar-refractivity contribution in [3.8, 4) is 0 Å². The van der Waals surface area contributed by atoms with Gasteiger partial charge in [-0.25, -0.2) is 0 Å². The molecule has 1 aromatic rings. The van der Waals surface area contributed by atoms with Crippen molar-refractivity contribution in [1.82, 2.24) is 4.90 Å². The van der Waals surface area contributed by atoms with Crippen LogP contribution in [0.15, 0.2) is 28.7 Å². The Morgan fingerprint density at radius 2 is 2.00 bits per heavy atom. The molecule has 0 radical (unpaired) electrons. The Morgan fingerprint density at radius 1 is 1.22 bits per heavy atom. The summed E-state index contributed by atoms with van der Waals surface area (Å²) in [4.78, 5) is 39.3. The van der Waals surface area contributed by atoms with Crippen molar-refractivity contribution in [2.75, 3.05) is 24.5 Å². The smallest absolute Gasteiger partial charge is 0.308 e. The van der Waals surface area contributed by atoms with Crippen molar-refractivity contribution in [3.05, 3.63) is 28.7 Å². The second-order valence-corrected chi connectivity index (χ2v) is 6.83. The lowest BCUT2D eigenvalue weighted by Crippen LogP contribution is -2.39. The van der Waals surface area contributed by atoms with Gasteiger partial charge in [-0.2, -0.15) is 0 Å². The van der Waals surface area contributed by atoms with E-state index in [-0.39, 0.29) is 18.4 Å². The highest BCUT2D eigenvalue weighted by molar-refractivity contribution is 9.10. The number of anilines is 1. The van der Waals surface area contributed by atoms with Crippen LogP contribution < -0.4 is 4.90 Å². The Labute approximate surface area is 142 Å². The van der Waals surface area contributed by atoms with Gasteiger partial charge in [0.2, 0.25) is 11.8 Å². The fraction of sp³-hybridized carbons (Fsp3) is 0.438. The van der Waals surface area contributed by atoms with Gasteiger partial charge in [0.25, 0.3) is 0 Å². The Morgan fingerprint density at radius 3 is 2.65 bits per heavy atom. The zero-order chi connectivity index (χ0) is 16.6. The molecule has 0 aromatic heterocycles. The van der Waals surface area contributed by atoms with E-state index in [1.54, 1.807) is 4.90 Å². The van der Waals surface area contributed by atoms with Crippen LogP contribution >= 0.6 is 15.9 Å². The maximum absolute atomic E-state index is 12.6. The Bertz CT molecular complexity index is 663. The van der Waals surface area contributed by atoms with E-state index in [0.717, 1.165) is 10.2 Å². The van der Waals surface area contributed by atoms with Crippen LogP contribution in [0.3, 0.4) is 0 Å². The predicted molar refractivity (Wildman–Crippen MR) is 86.9 cm³/mol. The van der Waals surface area contributed by atoms with Crippen LogP contribution in [0.2, 0.25) is 0 Å². The molecule has 0 spiro atoms. The number of aliphatic carboxylic acids is 1. The third kappa shape index (κ3) is 3.10. The molecule has 122 valence electrons. The summed E-state index contributed by atoms with van der Waals surface area (Å²) in [5.41, 5.74) is 0.768. The van der Waals surface area contributed by atoms with Crippen molar-refractivity contribution in [3.63, 3.8) is 0 Å². The third-order valence-electron chi connectivity index (χ3n) is 4.47. The number of rotatable bonds is 3. The van der Waals surface area contributed by atoms with E-state index < -0.39 is 17.8 Å². The van der Waals surface area contributed by atoms with Crippen LogP contribution in [-0.2, 0) is 14.4 Å². The summed E-state index contributed by atoms with van der Waals surface area (Å²) in [5, 5.41) is 9.03. The average molecular weight is 381 g/mol.